The van der Waals surface area contributed by atoms with E-state index >= 15 is 0 Å². The van der Waals surface area contributed by atoms with Crippen molar-refractivity contribution >= 4 is 40.1 Å². The van der Waals surface area contributed by atoms with Crippen molar-refractivity contribution < 1.29 is 14.4 Å². The number of benzene rings is 1. The van der Waals surface area contributed by atoms with Crippen LogP contribution >= 0.6 is 23.2 Å². The Morgan fingerprint density at radius 2 is 1.44 bits per heavy atom. The van der Waals surface area contributed by atoms with E-state index in [0.717, 1.165) is 11.1 Å². The van der Waals surface area contributed by atoms with Crippen LogP contribution in [0, 0.1) is 0 Å². The topological polar surface area (TPSA) is 75.9 Å². The summed E-state index contributed by atoms with van der Waals surface area (Å²) in [5, 5.41) is 0. The van der Waals surface area contributed by atoms with E-state index in [1.54, 1.807) is 0 Å². The molecule has 0 saturated carbocycles. The molecule has 0 fully saturated rings. The quantitative estimate of drug-likeness (QED) is 0.485. The van der Waals surface area contributed by atoms with Gasteiger partial charge in [-0.25, -0.2) is 19.6 Å². The van der Waals surface area contributed by atoms with Crippen molar-refractivity contribution in [1.29, 1.82) is 0 Å². The van der Waals surface area contributed by atoms with Gasteiger partial charge in [-0.05, 0) is 34.3 Å². The highest BCUT2D eigenvalue weighted by Gasteiger charge is 1.94. The molecule has 0 spiro atoms. The van der Waals surface area contributed by atoms with Crippen molar-refractivity contribution in [2.45, 2.75) is 13.1 Å². The first-order chi connectivity index (χ1) is 8.60. The molecule has 0 atom stereocenters. The van der Waals surface area contributed by atoms with E-state index in [1.165, 1.54) is 12.2 Å². The predicted octanol–water partition coefficient (Wildman–Crippen LogP) is 2.94. The summed E-state index contributed by atoms with van der Waals surface area (Å²) in [5.74, 6) is 0. The van der Waals surface area contributed by atoms with Crippen LogP contribution in [0.3, 0.4) is 0 Å². The average molecular weight is 287 g/mol. The molecule has 0 aliphatic carbocycles. The molecular weight excluding hydrogens is 279 g/mol. The van der Waals surface area contributed by atoms with Gasteiger partial charge in [0.15, 0.2) is 0 Å². The summed E-state index contributed by atoms with van der Waals surface area (Å²) >= 11 is 8.80. The molecule has 18 heavy (non-hydrogen) atoms. The molecule has 0 aliphatic heterocycles. The summed E-state index contributed by atoms with van der Waals surface area (Å²) in [5.41, 5.74) is 1.79. The van der Waals surface area contributed by atoms with Gasteiger partial charge in [-0.3, -0.25) is 4.79 Å². The van der Waals surface area contributed by atoms with Crippen LogP contribution in [0.2, 0.25) is 0 Å². The lowest BCUT2D eigenvalue weighted by molar-refractivity contribution is 0.275. The number of hydrogen-bond acceptors (Lipinski definition) is 5. The Morgan fingerprint density at radius 1 is 1.06 bits per heavy atom. The van der Waals surface area contributed by atoms with Crippen molar-refractivity contribution in [3.8, 4) is 0 Å². The smallest absolute Gasteiger partial charge is 0.262 e. The Hall–Kier alpha value is -1.77. The summed E-state index contributed by atoms with van der Waals surface area (Å²) < 4.78 is -0.889. The largest absolute Gasteiger partial charge is 0.313 e. The molecule has 0 saturated heterocycles. The van der Waals surface area contributed by atoms with E-state index < -0.39 is 4.70 Å². The molecule has 0 aromatic heterocycles. The molecular formula is C11H8Cl2N2O3. The van der Waals surface area contributed by atoms with Crippen LogP contribution in [0.25, 0.3) is 0 Å². The fourth-order valence-corrected chi connectivity index (χ4v) is 1.07. The SMILES string of the molecule is O=C(Cl)Cl.O=C=NCc1cccc(CN=C=O)c1. The molecule has 0 radical (unpaired) electrons. The lowest BCUT2D eigenvalue weighted by atomic mass is 10.1. The first kappa shape index (κ1) is 16.2. The third-order valence-corrected chi connectivity index (χ3v) is 1.64. The summed E-state index contributed by atoms with van der Waals surface area (Å²) in [4.78, 5) is 35.6. The van der Waals surface area contributed by atoms with Crippen LogP contribution in [0.4, 0.5) is 4.79 Å². The van der Waals surface area contributed by atoms with Crippen LogP contribution < -0.4 is 0 Å². The third kappa shape index (κ3) is 9.46. The van der Waals surface area contributed by atoms with Crippen molar-refractivity contribution in [2.24, 2.45) is 9.98 Å². The molecule has 0 aliphatic rings. The Morgan fingerprint density at radius 3 is 1.78 bits per heavy atom. The maximum Gasteiger partial charge on any atom is 0.313 e. The minimum atomic E-state index is -0.889. The van der Waals surface area contributed by atoms with Crippen LogP contribution in [0.15, 0.2) is 34.3 Å². The lowest BCUT2D eigenvalue weighted by Gasteiger charge is -1.98. The molecule has 94 valence electrons. The highest BCUT2D eigenvalue weighted by atomic mass is 35.5. The molecule has 0 N–H and O–H groups in total. The van der Waals surface area contributed by atoms with E-state index in [9.17, 15) is 9.59 Å². The van der Waals surface area contributed by atoms with E-state index in [1.807, 2.05) is 24.3 Å². The molecule has 0 unspecified atom stereocenters. The van der Waals surface area contributed by atoms with Gasteiger partial charge in [0, 0.05) is 0 Å². The van der Waals surface area contributed by atoms with Gasteiger partial charge in [0.2, 0.25) is 12.2 Å². The van der Waals surface area contributed by atoms with Gasteiger partial charge in [-0.2, -0.15) is 0 Å². The summed E-state index contributed by atoms with van der Waals surface area (Å²) in [6.07, 6.45) is 2.94. The van der Waals surface area contributed by atoms with Gasteiger partial charge in [0.05, 0.1) is 13.1 Å². The fourth-order valence-electron chi connectivity index (χ4n) is 1.07. The Bertz CT molecular complexity index is 454. The van der Waals surface area contributed by atoms with Crippen LogP contribution in [0.1, 0.15) is 11.1 Å². The van der Waals surface area contributed by atoms with Crippen molar-refractivity contribution in [3.05, 3.63) is 35.4 Å². The number of carbonyl (C=O) groups excluding carboxylic acids is 3. The molecule has 5 nitrogen and oxygen atoms in total. The number of hydrogen-bond donors (Lipinski definition) is 0. The molecule has 1 rings (SSSR count). The van der Waals surface area contributed by atoms with E-state index in [0.29, 0.717) is 13.1 Å². The summed E-state index contributed by atoms with van der Waals surface area (Å²) in [7, 11) is 0. The summed E-state index contributed by atoms with van der Waals surface area (Å²) in [6, 6.07) is 7.34. The minimum Gasteiger partial charge on any atom is -0.262 e. The van der Waals surface area contributed by atoms with E-state index in [4.69, 9.17) is 4.79 Å². The summed E-state index contributed by atoms with van der Waals surface area (Å²) in [6.45, 7) is 0.615. The van der Waals surface area contributed by atoms with Gasteiger partial charge in [0.1, 0.15) is 0 Å². The van der Waals surface area contributed by atoms with Crippen molar-refractivity contribution in [1.82, 2.24) is 0 Å². The Kier molecular flexibility index (Phi) is 9.37. The van der Waals surface area contributed by atoms with Crippen molar-refractivity contribution in [2.75, 3.05) is 0 Å². The Labute approximate surface area is 113 Å². The van der Waals surface area contributed by atoms with Crippen LogP contribution in [0.5, 0.6) is 0 Å². The molecule has 1 aromatic rings. The number of rotatable bonds is 4. The normalized spacial score (nSPS) is 8.11. The molecule has 0 bridgehead atoms. The number of isocyanates is 2. The van der Waals surface area contributed by atoms with Gasteiger partial charge in [-0.1, -0.05) is 24.3 Å². The minimum absolute atomic E-state index is 0.308. The van der Waals surface area contributed by atoms with E-state index in [-0.39, 0.29) is 0 Å². The first-order valence-corrected chi connectivity index (χ1v) is 5.35. The lowest BCUT2D eigenvalue weighted by Crippen LogP contribution is -1.85. The van der Waals surface area contributed by atoms with Crippen LogP contribution in [-0.4, -0.2) is 16.9 Å². The van der Waals surface area contributed by atoms with Gasteiger partial charge in [-0.15, -0.1) is 0 Å². The van der Waals surface area contributed by atoms with Gasteiger partial charge >= 0.3 is 4.70 Å². The number of aliphatic imine (C=N–C) groups is 2. The maximum atomic E-state index is 9.87. The Balaban J connectivity index is 0.000000631. The second-order valence-electron chi connectivity index (χ2n) is 2.86. The average Bonchev–Trinajstić information content (AvgIpc) is 2.34. The highest BCUT2D eigenvalue weighted by Crippen LogP contribution is 2.07. The first-order valence-electron chi connectivity index (χ1n) is 4.60. The monoisotopic (exact) mass is 286 g/mol. The molecule has 0 amide bonds. The highest BCUT2D eigenvalue weighted by molar-refractivity contribution is 6.93. The number of carbonyl (C=O) groups is 1. The third-order valence-electron chi connectivity index (χ3n) is 1.64. The number of nitrogens with zero attached hydrogens (tertiary/aromatic N) is 2. The zero-order chi connectivity index (χ0) is 13.8. The maximum absolute atomic E-state index is 9.87. The van der Waals surface area contributed by atoms with Crippen molar-refractivity contribution in [3.63, 3.8) is 0 Å². The second kappa shape index (κ2) is 10.4. The molecule has 7 heteroatoms. The fraction of sp³-hybridized carbons (Fsp3) is 0.182. The number of halogens is 2. The van der Waals surface area contributed by atoms with Gasteiger partial charge in [0.25, 0.3) is 0 Å². The molecule has 0 heterocycles. The molecule has 1 aromatic carbocycles. The zero-order valence-corrected chi connectivity index (χ0v) is 10.6. The predicted molar refractivity (Wildman–Crippen MR) is 67.2 cm³/mol. The second-order valence-corrected chi connectivity index (χ2v) is 3.74. The standard InChI is InChI=1S/C10H8N2O2.CCl2O/c13-7-11-5-9-2-1-3-10(4-9)6-12-8-14;2-1(3)4/h1-4H,5-6H2;. The zero-order valence-electron chi connectivity index (χ0n) is 9.10. The van der Waals surface area contributed by atoms with Gasteiger partial charge < -0.3 is 0 Å². The van der Waals surface area contributed by atoms with E-state index in [2.05, 4.69) is 33.2 Å². The van der Waals surface area contributed by atoms with Crippen LogP contribution in [-0.2, 0) is 22.7 Å².